The summed E-state index contributed by atoms with van der Waals surface area (Å²) in [4.78, 5) is 27.4. The van der Waals surface area contributed by atoms with Crippen molar-refractivity contribution in [2.24, 2.45) is 0 Å². The van der Waals surface area contributed by atoms with Crippen LogP contribution in [0.15, 0.2) is 18.7 Å². The first-order valence-electron chi connectivity index (χ1n) is 5.48. The van der Waals surface area contributed by atoms with Crippen molar-refractivity contribution in [1.29, 1.82) is 0 Å². The zero-order chi connectivity index (χ0) is 13.8. The molecular formula is C10H12ClN7O. The van der Waals surface area contributed by atoms with Gasteiger partial charge in [0.25, 0.3) is 0 Å². The number of nitrogens with zero attached hydrogens (tertiary/aromatic N) is 5. The number of aromatic nitrogens is 5. The Labute approximate surface area is 114 Å². The molecule has 0 spiro atoms. The van der Waals surface area contributed by atoms with Crippen LogP contribution in [0.2, 0.25) is 5.28 Å². The van der Waals surface area contributed by atoms with Gasteiger partial charge in [0.1, 0.15) is 12.4 Å². The second-order valence-electron chi connectivity index (χ2n) is 3.68. The number of nitrogens with one attached hydrogen (secondary N) is 2. The van der Waals surface area contributed by atoms with E-state index in [4.69, 9.17) is 11.6 Å². The molecule has 1 atom stereocenters. The Hall–Kier alpha value is -2.22. The number of rotatable bonds is 4. The lowest BCUT2D eigenvalue weighted by atomic mass is 10.3. The number of hydrogen-bond donors (Lipinski definition) is 2. The summed E-state index contributed by atoms with van der Waals surface area (Å²) >= 11 is 5.83. The molecule has 0 bridgehead atoms. The standard InChI is InChI=1S/C10H12ClN7O/c1-6(7(19)12-2)14-9-15-8(11)16-10(17-9)18-4-3-13-5-18/h3-6H,1-2H3,(H,12,19)(H,14,15,16,17). The molecule has 0 saturated carbocycles. The second kappa shape index (κ2) is 5.61. The molecule has 2 N–H and O–H groups in total. The van der Waals surface area contributed by atoms with E-state index < -0.39 is 6.04 Å². The molecule has 2 aromatic rings. The van der Waals surface area contributed by atoms with E-state index in [0.717, 1.165) is 0 Å². The molecule has 2 rings (SSSR count). The normalized spacial score (nSPS) is 11.9. The van der Waals surface area contributed by atoms with Gasteiger partial charge in [-0.3, -0.25) is 9.36 Å². The second-order valence-corrected chi connectivity index (χ2v) is 4.02. The van der Waals surface area contributed by atoms with Gasteiger partial charge in [-0.1, -0.05) is 0 Å². The average Bonchev–Trinajstić information content (AvgIpc) is 2.90. The molecule has 0 aliphatic carbocycles. The van der Waals surface area contributed by atoms with Crippen LogP contribution in [0.4, 0.5) is 5.95 Å². The van der Waals surface area contributed by atoms with Crippen LogP contribution in [0.25, 0.3) is 5.95 Å². The Morgan fingerprint density at radius 2 is 2.21 bits per heavy atom. The molecule has 8 nitrogen and oxygen atoms in total. The van der Waals surface area contributed by atoms with E-state index in [2.05, 4.69) is 30.6 Å². The molecule has 100 valence electrons. The van der Waals surface area contributed by atoms with E-state index >= 15 is 0 Å². The van der Waals surface area contributed by atoms with Crippen molar-refractivity contribution >= 4 is 23.5 Å². The third-order valence-corrected chi connectivity index (χ3v) is 2.49. The quantitative estimate of drug-likeness (QED) is 0.834. The van der Waals surface area contributed by atoms with Crippen LogP contribution in [0.1, 0.15) is 6.92 Å². The lowest BCUT2D eigenvalue weighted by molar-refractivity contribution is -0.121. The number of hydrogen-bond acceptors (Lipinski definition) is 6. The number of imidazole rings is 1. The van der Waals surface area contributed by atoms with Gasteiger partial charge in [0.2, 0.25) is 23.1 Å². The largest absolute Gasteiger partial charge is 0.357 e. The zero-order valence-corrected chi connectivity index (χ0v) is 11.1. The van der Waals surface area contributed by atoms with E-state index in [9.17, 15) is 4.79 Å². The number of carbonyl (C=O) groups is 1. The smallest absolute Gasteiger partial charge is 0.242 e. The Balaban J connectivity index is 2.25. The van der Waals surface area contributed by atoms with Crippen LogP contribution in [0.5, 0.6) is 0 Å². The van der Waals surface area contributed by atoms with Crippen molar-refractivity contribution in [3.63, 3.8) is 0 Å². The van der Waals surface area contributed by atoms with Crippen LogP contribution in [-0.2, 0) is 4.79 Å². The molecule has 19 heavy (non-hydrogen) atoms. The average molecular weight is 282 g/mol. The predicted molar refractivity (Wildman–Crippen MR) is 69.1 cm³/mol. The van der Waals surface area contributed by atoms with E-state index in [1.54, 1.807) is 30.9 Å². The first kappa shape index (κ1) is 13.2. The van der Waals surface area contributed by atoms with Gasteiger partial charge in [-0.25, -0.2) is 4.98 Å². The fraction of sp³-hybridized carbons (Fsp3) is 0.300. The third kappa shape index (κ3) is 3.16. The zero-order valence-electron chi connectivity index (χ0n) is 10.3. The third-order valence-electron chi connectivity index (χ3n) is 2.32. The van der Waals surface area contributed by atoms with Crippen LogP contribution < -0.4 is 10.6 Å². The van der Waals surface area contributed by atoms with Gasteiger partial charge < -0.3 is 10.6 Å². The first-order chi connectivity index (χ1) is 9.10. The summed E-state index contributed by atoms with van der Waals surface area (Å²) in [6, 6.07) is -0.487. The molecule has 0 aliphatic rings. The molecule has 0 aromatic carbocycles. The molecule has 0 radical (unpaired) electrons. The number of halogens is 1. The topological polar surface area (TPSA) is 97.6 Å². The number of anilines is 1. The van der Waals surface area contributed by atoms with E-state index in [-0.39, 0.29) is 17.1 Å². The molecule has 0 saturated heterocycles. The van der Waals surface area contributed by atoms with Gasteiger partial charge in [0, 0.05) is 19.4 Å². The van der Waals surface area contributed by atoms with Gasteiger partial charge in [-0.15, -0.1) is 0 Å². The van der Waals surface area contributed by atoms with Crippen molar-refractivity contribution in [2.75, 3.05) is 12.4 Å². The highest BCUT2D eigenvalue weighted by Crippen LogP contribution is 2.10. The predicted octanol–water partition coefficient (Wildman–Crippen LogP) is 0.257. The Morgan fingerprint density at radius 1 is 1.42 bits per heavy atom. The molecular weight excluding hydrogens is 270 g/mol. The minimum Gasteiger partial charge on any atom is -0.357 e. The van der Waals surface area contributed by atoms with Gasteiger partial charge in [0.15, 0.2) is 0 Å². The number of amides is 1. The summed E-state index contributed by atoms with van der Waals surface area (Å²) in [5.74, 6) is 0.365. The Bertz CT molecular complexity index is 571. The minimum atomic E-state index is -0.487. The number of carbonyl (C=O) groups excluding carboxylic acids is 1. The summed E-state index contributed by atoms with van der Waals surface area (Å²) < 4.78 is 1.59. The highest BCUT2D eigenvalue weighted by Gasteiger charge is 2.13. The Morgan fingerprint density at radius 3 is 2.84 bits per heavy atom. The molecule has 2 aromatic heterocycles. The highest BCUT2D eigenvalue weighted by molar-refractivity contribution is 6.28. The van der Waals surface area contributed by atoms with Crippen LogP contribution in [-0.4, -0.2) is 43.5 Å². The van der Waals surface area contributed by atoms with Gasteiger partial charge >= 0.3 is 0 Å². The van der Waals surface area contributed by atoms with Crippen molar-refractivity contribution < 1.29 is 4.79 Å². The van der Waals surface area contributed by atoms with E-state index in [1.807, 2.05) is 0 Å². The monoisotopic (exact) mass is 281 g/mol. The lowest BCUT2D eigenvalue weighted by Gasteiger charge is -2.12. The molecule has 1 amide bonds. The van der Waals surface area contributed by atoms with Gasteiger partial charge in [0.05, 0.1) is 0 Å². The highest BCUT2D eigenvalue weighted by atomic mass is 35.5. The van der Waals surface area contributed by atoms with E-state index in [1.165, 1.54) is 6.33 Å². The maximum absolute atomic E-state index is 11.4. The maximum Gasteiger partial charge on any atom is 0.242 e. The van der Waals surface area contributed by atoms with Crippen LogP contribution >= 0.6 is 11.6 Å². The molecule has 0 aliphatic heterocycles. The summed E-state index contributed by atoms with van der Waals surface area (Å²) in [5, 5.41) is 5.40. The molecule has 1 unspecified atom stereocenters. The SMILES string of the molecule is CNC(=O)C(C)Nc1nc(Cl)nc(-n2ccnc2)n1. The van der Waals surface area contributed by atoms with Crippen molar-refractivity contribution in [1.82, 2.24) is 29.8 Å². The fourth-order valence-electron chi connectivity index (χ4n) is 1.37. The fourth-order valence-corrected chi connectivity index (χ4v) is 1.53. The van der Waals surface area contributed by atoms with Crippen molar-refractivity contribution in [3.05, 3.63) is 24.0 Å². The summed E-state index contributed by atoms with van der Waals surface area (Å²) in [6.45, 7) is 1.69. The summed E-state index contributed by atoms with van der Waals surface area (Å²) in [7, 11) is 1.55. The first-order valence-corrected chi connectivity index (χ1v) is 5.86. The van der Waals surface area contributed by atoms with E-state index in [0.29, 0.717) is 5.95 Å². The lowest BCUT2D eigenvalue weighted by Crippen LogP contribution is -2.35. The summed E-state index contributed by atoms with van der Waals surface area (Å²) in [5.41, 5.74) is 0. The van der Waals surface area contributed by atoms with Gasteiger partial charge in [-0.05, 0) is 18.5 Å². The molecule has 9 heteroatoms. The maximum atomic E-state index is 11.4. The molecule has 2 heterocycles. The van der Waals surface area contributed by atoms with Crippen LogP contribution in [0.3, 0.4) is 0 Å². The molecule has 0 fully saturated rings. The Kier molecular flexibility index (Phi) is 3.91. The van der Waals surface area contributed by atoms with Crippen LogP contribution in [0, 0.1) is 0 Å². The number of likely N-dealkylation sites (N-methyl/N-ethyl adjacent to an activating group) is 1. The van der Waals surface area contributed by atoms with Crippen molar-refractivity contribution in [3.8, 4) is 5.95 Å². The minimum absolute atomic E-state index is 0.0327. The summed E-state index contributed by atoms with van der Waals surface area (Å²) in [6.07, 6.45) is 4.81. The van der Waals surface area contributed by atoms with Gasteiger partial charge in [-0.2, -0.15) is 15.0 Å². The van der Waals surface area contributed by atoms with Crippen molar-refractivity contribution in [2.45, 2.75) is 13.0 Å².